The number of nitrogens with one attached hydrogen (secondary N) is 1. The molecule has 5 heteroatoms. The Morgan fingerprint density at radius 3 is 2.61 bits per heavy atom. The minimum Gasteiger partial charge on any atom is -0.377 e. The second-order valence-electron chi connectivity index (χ2n) is 8.74. The first-order valence-electron chi connectivity index (χ1n) is 11.1. The number of fused-ring (bicyclic) bond motifs is 1. The molecule has 1 aromatic carbocycles. The van der Waals surface area contributed by atoms with Crippen LogP contribution in [0.3, 0.4) is 0 Å². The van der Waals surface area contributed by atoms with Crippen LogP contribution in [0.4, 0.5) is 0 Å². The third-order valence-corrected chi connectivity index (χ3v) is 6.57. The number of nitrogens with zero attached hydrogens (tertiary/aromatic N) is 2. The van der Waals surface area contributed by atoms with Crippen molar-refractivity contribution in [1.29, 1.82) is 0 Å². The minimum atomic E-state index is 0.0699. The highest BCUT2D eigenvalue weighted by molar-refractivity contribution is 5.78. The van der Waals surface area contributed by atoms with E-state index in [-0.39, 0.29) is 11.9 Å². The number of carbonyl (C=O) groups excluding carboxylic acids is 1. The molecule has 0 aromatic heterocycles. The Kier molecular flexibility index (Phi) is 6.65. The van der Waals surface area contributed by atoms with Crippen LogP contribution in [0.25, 0.3) is 0 Å². The molecule has 0 saturated carbocycles. The lowest BCUT2D eigenvalue weighted by molar-refractivity contribution is -0.123. The molecule has 0 bridgehead atoms. The topological polar surface area (TPSA) is 44.8 Å². The summed E-state index contributed by atoms with van der Waals surface area (Å²) in [5.74, 6) is 0.137. The second kappa shape index (κ2) is 9.38. The average Bonchev–Trinajstić information content (AvgIpc) is 3.22. The number of ether oxygens (including phenoxy) is 1. The van der Waals surface area contributed by atoms with Crippen molar-refractivity contribution in [3.05, 3.63) is 34.9 Å². The number of hydrogen-bond acceptors (Lipinski definition) is 4. The van der Waals surface area contributed by atoms with Gasteiger partial charge in [-0.2, -0.15) is 0 Å². The Labute approximate surface area is 169 Å². The molecule has 1 aromatic rings. The molecule has 5 nitrogen and oxygen atoms in total. The minimum absolute atomic E-state index is 0.0699. The lowest BCUT2D eigenvalue weighted by Crippen LogP contribution is -2.51. The molecule has 2 saturated heterocycles. The van der Waals surface area contributed by atoms with Crippen molar-refractivity contribution < 1.29 is 9.53 Å². The van der Waals surface area contributed by atoms with Crippen molar-refractivity contribution in [1.82, 2.24) is 15.1 Å². The molecule has 0 spiro atoms. The van der Waals surface area contributed by atoms with Crippen LogP contribution in [0.1, 0.15) is 55.3 Å². The second-order valence-corrected chi connectivity index (χ2v) is 8.74. The van der Waals surface area contributed by atoms with Gasteiger partial charge in [-0.1, -0.05) is 18.2 Å². The smallest absolute Gasteiger partial charge is 0.234 e. The first kappa shape index (κ1) is 19.9. The van der Waals surface area contributed by atoms with Crippen LogP contribution >= 0.6 is 0 Å². The van der Waals surface area contributed by atoms with E-state index in [4.69, 9.17) is 4.74 Å². The van der Waals surface area contributed by atoms with Gasteiger partial charge in [-0.3, -0.25) is 14.6 Å². The molecular weight excluding hydrogens is 350 g/mol. The monoisotopic (exact) mass is 385 g/mol. The quantitative estimate of drug-likeness (QED) is 0.817. The Morgan fingerprint density at radius 1 is 1.11 bits per heavy atom. The number of amides is 1. The van der Waals surface area contributed by atoms with Crippen LogP contribution in [0, 0.1) is 0 Å². The van der Waals surface area contributed by atoms with Gasteiger partial charge in [-0.15, -0.1) is 0 Å². The normalized spacial score (nSPS) is 24.7. The van der Waals surface area contributed by atoms with Gasteiger partial charge in [0.05, 0.1) is 18.7 Å². The molecule has 2 unspecified atom stereocenters. The van der Waals surface area contributed by atoms with Gasteiger partial charge in [-0.25, -0.2) is 0 Å². The molecule has 1 N–H and O–H groups in total. The number of aryl methyl sites for hydroxylation is 2. The number of carbonyl (C=O) groups is 1. The molecular formula is C23H35N3O2. The number of hydrogen-bond donors (Lipinski definition) is 1. The molecule has 1 aliphatic carbocycles. The summed E-state index contributed by atoms with van der Waals surface area (Å²) in [6.45, 7) is 8.58. The first-order chi connectivity index (χ1) is 13.7. The molecule has 4 rings (SSSR count). The summed E-state index contributed by atoms with van der Waals surface area (Å²) in [5, 5.41) is 3.21. The lowest BCUT2D eigenvalue weighted by atomic mass is 9.89. The third kappa shape index (κ3) is 5.13. The van der Waals surface area contributed by atoms with Crippen molar-refractivity contribution in [2.75, 3.05) is 45.9 Å². The van der Waals surface area contributed by atoms with E-state index in [1.165, 1.54) is 55.2 Å². The molecule has 2 atom stereocenters. The van der Waals surface area contributed by atoms with E-state index in [0.717, 1.165) is 39.3 Å². The van der Waals surface area contributed by atoms with Crippen LogP contribution in [0.15, 0.2) is 18.2 Å². The maximum atomic E-state index is 12.6. The lowest BCUT2D eigenvalue weighted by Gasteiger charge is -2.35. The molecule has 154 valence electrons. The Morgan fingerprint density at radius 2 is 1.86 bits per heavy atom. The van der Waals surface area contributed by atoms with Crippen molar-refractivity contribution >= 4 is 5.91 Å². The summed E-state index contributed by atoms with van der Waals surface area (Å²) < 4.78 is 5.75. The largest absolute Gasteiger partial charge is 0.377 e. The van der Waals surface area contributed by atoms with Crippen LogP contribution < -0.4 is 5.32 Å². The maximum absolute atomic E-state index is 12.6. The zero-order valence-electron chi connectivity index (χ0n) is 17.3. The van der Waals surface area contributed by atoms with Crippen molar-refractivity contribution in [2.45, 2.75) is 57.6 Å². The number of benzene rings is 1. The molecule has 3 aliphatic rings. The standard InChI is InChI=1S/C23H35N3O2/c1-18(20-9-8-19-5-2-3-6-21(19)15-20)24-23(27)17-26-12-10-25(11-13-26)16-22-7-4-14-28-22/h8-9,15,18,22H,2-7,10-14,16-17H2,1H3,(H,24,27). The van der Waals surface area contributed by atoms with Gasteiger partial charge in [0, 0.05) is 39.3 Å². The fourth-order valence-electron chi connectivity index (χ4n) is 4.80. The van der Waals surface area contributed by atoms with Crippen LogP contribution in [0.2, 0.25) is 0 Å². The van der Waals surface area contributed by atoms with Gasteiger partial charge in [0.15, 0.2) is 0 Å². The highest BCUT2D eigenvalue weighted by atomic mass is 16.5. The number of rotatable bonds is 6. The van der Waals surface area contributed by atoms with Gasteiger partial charge < -0.3 is 10.1 Å². The SMILES string of the molecule is CC(NC(=O)CN1CCN(CC2CCCO2)CC1)c1ccc2c(c1)CCCC2. The molecule has 0 radical (unpaired) electrons. The summed E-state index contributed by atoms with van der Waals surface area (Å²) in [6, 6.07) is 6.84. The zero-order chi connectivity index (χ0) is 19.3. The predicted molar refractivity (Wildman–Crippen MR) is 111 cm³/mol. The van der Waals surface area contributed by atoms with Crippen molar-refractivity contribution in [3.63, 3.8) is 0 Å². The zero-order valence-corrected chi connectivity index (χ0v) is 17.3. The molecule has 2 heterocycles. The average molecular weight is 386 g/mol. The Hall–Kier alpha value is -1.43. The van der Waals surface area contributed by atoms with Crippen molar-refractivity contribution in [3.8, 4) is 0 Å². The third-order valence-electron chi connectivity index (χ3n) is 6.57. The van der Waals surface area contributed by atoms with Crippen LogP contribution in [-0.4, -0.2) is 67.7 Å². The van der Waals surface area contributed by atoms with E-state index >= 15 is 0 Å². The van der Waals surface area contributed by atoms with Gasteiger partial charge >= 0.3 is 0 Å². The van der Waals surface area contributed by atoms with E-state index in [1.54, 1.807) is 0 Å². The van der Waals surface area contributed by atoms with E-state index in [1.807, 2.05) is 0 Å². The van der Waals surface area contributed by atoms with Crippen LogP contribution in [0.5, 0.6) is 0 Å². The summed E-state index contributed by atoms with van der Waals surface area (Å²) >= 11 is 0. The van der Waals surface area contributed by atoms with Gasteiger partial charge in [0.2, 0.25) is 5.91 Å². The Balaban J connectivity index is 1.21. The van der Waals surface area contributed by atoms with E-state index in [2.05, 4.69) is 40.2 Å². The fraction of sp³-hybridized carbons (Fsp3) is 0.696. The summed E-state index contributed by atoms with van der Waals surface area (Å²) in [5.41, 5.74) is 4.21. The summed E-state index contributed by atoms with van der Waals surface area (Å²) in [7, 11) is 0. The van der Waals surface area contributed by atoms with Gasteiger partial charge in [-0.05, 0) is 62.1 Å². The molecule has 1 amide bonds. The van der Waals surface area contributed by atoms with Crippen molar-refractivity contribution in [2.24, 2.45) is 0 Å². The van der Waals surface area contributed by atoms with Crippen LogP contribution in [-0.2, 0) is 22.4 Å². The predicted octanol–water partition coefficient (Wildman–Crippen LogP) is 2.54. The van der Waals surface area contributed by atoms with E-state index < -0.39 is 0 Å². The molecule has 2 fully saturated rings. The fourth-order valence-corrected chi connectivity index (χ4v) is 4.80. The van der Waals surface area contributed by atoms with Gasteiger partial charge in [0.1, 0.15) is 0 Å². The van der Waals surface area contributed by atoms with Gasteiger partial charge in [0.25, 0.3) is 0 Å². The summed E-state index contributed by atoms with van der Waals surface area (Å²) in [6.07, 6.45) is 7.80. The number of piperazine rings is 1. The molecule has 2 aliphatic heterocycles. The van der Waals surface area contributed by atoms with E-state index in [9.17, 15) is 4.79 Å². The molecule has 28 heavy (non-hydrogen) atoms. The van der Waals surface area contributed by atoms with E-state index in [0.29, 0.717) is 12.6 Å². The Bertz CT molecular complexity index is 664. The highest BCUT2D eigenvalue weighted by Crippen LogP contribution is 2.24. The maximum Gasteiger partial charge on any atom is 0.234 e. The highest BCUT2D eigenvalue weighted by Gasteiger charge is 2.24. The summed E-state index contributed by atoms with van der Waals surface area (Å²) in [4.78, 5) is 17.3. The first-order valence-corrected chi connectivity index (χ1v) is 11.1.